The lowest BCUT2D eigenvalue weighted by molar-refractivity contribution is 0.0712. The van der Waals surface area contributed by atoms with E-state index in [9.17, 15) is 25.3 Å². The van der Waals surface area contributed by atoms with E-state index in [0.29, 0.717) is 44.7 Å². The zero-order valence-corrected chi connectivity index (χ0v) is 68.6. The maximum Gasteiger partial charge on any atom is 0.249 e. The summed E-state index contributed by atoms with van der Waals surface area (Å²) in [5, 5.41) is 22.2. The van der Waals surface area contributed by atoms with Crippen LogP contribution >= 0.6 is 15.9 Å². The van der Waals surface area contributed by atoms with Crippen LogP contribution < -0.4 is 16.4 Å². The molecule has 6 aliphatic carbocycles. The van der Waals surface area contributed by atoms with Gasteiger partial charge in [0.05, 0.1) is 17.3 Å². The highest BCUT2D eigenvalue weighted by Crippen LogP contribution is 2.42. The number of rotatable bonds is 32. The molecule has 0 amide bonds. The molecular weight excluding hydrogens is 1440 g/mol. The number of nitrogens with two attached hydrogens (primary N) is 1. The van der Waals surface area contributed by atoms with E-state index in [1.807, 2.05) is 41.5 Å². The maximum absolute atomic E-state index is 13.4. The number of ether oxygens (including phenoxy) is 2. The molecule has 3 heterocycles. The first-order valence-corrected chi connectivity index (χ1v) is 50.5. The predicted molar refractivity (Wildman–Crippen MR) is 414 cm³/mol. The first-order chi connectivity index (χ1) is 48.1. The van der Waals surface area contributed by atoms with E-state index in [2.05, 4.69) is 134 Å². The molecule has 3 aromatic heterocycles. The molecule has 23 nitrogen and oxygen atoms in total. The van der Waals surface area contributed by atoms with E-state index in [1.54, 1.807) is 0 Å². The second kappa shape index (κ2) is 35.9. The number of anilines is 5. The molecule has 0 fully saturated rings. The first kappa shape index (κ1) is 80.1. The SMILES string of the molecule is CCN(CC)CCS(=O)(=O)c1nc(Br)nn1COCC[Si](C)(C)C.CCN(CC)CCS(=O)(=O)c1nc(Nc2c3c(cc4c2CCC4)CCC3)n[nH]1.CCN(CC)CCS(=O)(=O)c1nc(Nc2c3c(cc4c2CCC4)CCC3)nn1COCC[Si](C)(C)C.Nc1c2c(cc3c1CCC3)CCC2. The average Bonchev–Trinajstić information content (AvgIpc) is 1.65. The standard InChI is InChI=1S/C26H43N5O3SSi.C20H29N5O2S.C14H29BrN4O3SSi.C12H15N/c1-6-30(7-2)14-16-35(32,33)26-28-25(29-31(26)19-34-15-17-36(3,4)5)27-24-22-12-8-10-20(22)18-21-11-9-13-23(21)24;1-3-25(4-2)11-12-28(26,27)20-22-19(23-24-20)21-18-16-9-5-7-14(16)13-15-8-6-10-17(15)18;1-6-18(7-2)8-10-23(20,21)14-16-13(15)17-19(14)12-22-9-11-24(3,4)5;13-12-10-5-1-3-8(10)7-9-4-2-6-11(9)12/h18H,6-17,19H2,1-5H3,(H,27,29);13H,3-12H2,1-2H3,(H2,21,22,23,24);6-12H2,1-5H3;7H,1-6,13H2. The molecule has 0 atom stereocenters. The lowest BCUT2D eigenvalue weighted by Crippen LogP contribution is -2.30. The van der Waals surface area contributed by atoms with Crippen molar-refractivity contribution in [3.05, 3.63) is 89.7 Å². The Hall–Kier alpha value is -4.96. The highest BCUT2D eigenvalue weighted by Gasteiger charge is 2.32. The zero-order valence-electron chi connectivity index (χ0n) is 62.6. The molecule has 101 heavy (non-hydrogen) atoms. The molecule has 3 aromatic carbocycles. The van der Waals surface area contributed by atoms with Gasteiger partial charge in [-0.05, 0) is 250 Å². The van der Waals surface area contributed by atoms with Crippen molar-refractivity contribution in [3.63, 3.8) is 0 Å². The summed E-state index contributed by atoms with van der Waals surface area (Å²) in [6.45, 7) is 33.7. The van der Waals surface area contributed by atoms with Gasteiger partial charge in [-0.25, -0.2) is 39.7 Å². The molecule has 0 unspecified atom stereocenters. The molecule has 0 bridgehead atoms. The Morgan fingerprint density at radius 1 is 0.475 bits per heavy atom. The summed E-state index contributed by atoms with van der Waals surface area (Å²) in [7, 11) is -13.0. The molecule has 0 aliphatic heterocycles. The summed E-state index contributed by atoms with van der Waals surface area (Å²) in [5.41, 5.74) is 26.7. The number of aromatic amines is 1. The number of H-pyrrole nitrogens is 1. The summed E-state index contributed by atoms with van der Waals surface area (Å²) in [6, 6.07) is 9.21. The van der Waals surface area contributed by atoms with E-state index in [0.717, 1.165) is 133 Å². The van der Waals surface area contributed by atoms with Crippen molar-refractivity contribution < 1.29 is 34.7 Å². The Balaban J connectivity index is 0.000000164. The third kappa shape index (κ3) is 21.4. The minimum Gasteiger partial charge on any atom is -0.398 e. The predicted octanol–water partition coefficient (Wildman–Crippen LogP) is 11.8. The number of halogens is 1. The van der Waals surface area contributed by atoms with Gasteiger partial charge in [0.25, 0.3) is 0 Å². The smallest absolute Gasteiger partial charge is 0.249 e. The monoisotopic (exact) mass is 1550 g/mol. The quantitative estimate of drug-likeness (QED) is 0.0173. The fourth-order valence-corrected chi connectivity index (χ4v) is 20.2. The number of aromatic nitrogens is 9. The first-order valence-electron chi connectivity index (χ1n) is 37.3. The molecule has 0 saturated carbocycles. The van der Waals surface area contributed by atoms with Crippen LogP contribution in [0, 0.1) is 0 Å². The van der Waals surface area contributed by atoms with Crippen LogP contribution in [0.15, 0.2) is 38.4 Å². The topological polar surface area (TPSA) is 284 Å². The number of nitrogens with one attached hydrogen (secondary N) is 3. The summed E-state index contributed by atoms with van der Waals surface area (Å²) in [6.07, 6.45) is 20.9. The van der Waals surface area contributed by atoms with E-state index < -0.39 is 45.7 Å². The third-order valence-electron chi connectivity index (χ3n) is 20.6. The van der Waals surface area contributed by atoms with Crippen LogP contribution in [0.1, 0.15) is 147 Å². The summed E-state index contributed by atoms with van der Waals surface area (Å²) >= 11 is 3.16. The number of hydrogen-bond donors (Lipinski definition) is 4. The highest BCUT2D eigenvalue weighted by atomic mass is 79.9. The number of benzene rings is 3. The zero-order chi connectivity index (χ0) is 72.9. The molecule has 5 N–H and O–H groups in total. The minimum absolute atomic E-state index is 0.00520. The second-order valence-electron chi connectivity index (χ2n) is 30.1. The van der Waals surface area contributed by atoms with E-state index in [1.165, 1.54) is 127 Å². The van der Waals surface area contributed by atoms with Gasteiger partial charge in [0.2, 0.25) is 61.6 Å². The average molecular weight is 1550 g/mol. The number of aryl methyl sites for hydroxylation is 6. The van der Waals surface area contributed by atoms with Crippen molar-refractivity contribution >= 4 is 90.5 Å². The summed E-state index contributed by atoms with van der Waals surface area (Å²) < 4.78 is 91.7. The Labute approximate surface area is 613 Å². The normalized spacial score (nSPS) is 15.4. The third-order valence-corrected chi connectivity index (χ3v) is 29.0. The van der Waals surface area contributed by atoms with Crippen molar-refractivity contribution in [2.24, 2.45) is 0 Å². The van der Waals surface area contributed by atoms with Gasteiger partial charge >= 0.3 is 0 Å². The molecule has 0 saturated heterocycles. The van der Waals surface area contributed by atoms with Crippen LogP contribution in [-0.4, -0.2) is 190 Å². The summed E-state index contributed by atoms with van der Waals surface area (Å²) in [5.74, 6) is 0.766. The van der Waals surface area contributed by atoms with Crippen molar-refractivity contribution in [2.75, 3.05) is 106 Å². The van der Waals surface area contributed by atoms with Crippen LogP contribution in [-0.2, 0) is 129 Å². The molecule has 6 aromatic rings. The van der Waals surface area contributed by atoms with Crippen molar-refractivity contribution in [1.29, 1.82) is 0 Å². The number of nitrogen functional groups attached to an aromatic ring is 1. The summed E-state index contributed by atoms with van der Waals surface area (Å²) in [4.78, 5) is 19.1. The van der Waals surface area contributed by atoms with Crippen molar-refractivity contribution in [1.82, 2.24) is 59.4 Å². The maximum atomic E-state index is 13.4. The van der Waals surface area contributed by atoms with Crippen LogP contribution in [0.3, 0.4) is 0 Å². The van der Waals surface area contributed by atoms with Gasteiger partial charge in [0.1, 0.15) is 13.5 Å². The van der Waals surface area contributed by atoms with Gasteiger partial charge in [-0.1, -0.05) is 99.0 Å². The van der Waals surface area contributed by atoms with E-state index in [4.69, 9.17) is 15.2 Å². The molecule has 12 rings (SSSR count). The number of sulfone groups is 3. The van der Waals surface area contributed by atoms with E-state index in [-0.39, 0.29) is 50.9 Å². The Morgan fingerprint density at radius 2 is 0.812 bits per heavy atom. The van der Waals surface area contributed by atoms with Crippen LogP contribution in [0.2, 0.25) is 51.4 Å². The number of hydrogen-bond acceptors (Lipinski definition) is 20. The van der Waals surface area contributed by atoms with Gasteiger partial charge in [0.15, 0.2) is 0 Å². The number of nitrogens with zero attached hydrogens (tertiary/aromatic N) is 11. The van der Waals surface area contributed by atoms with Gasteiger partial charge in [-0.15, -0.1) is 15.3 Å². The Bertz CT molecular complexity index is 4030. The second-order valence-corrected chi connectivity index (χ2v) is 48.1. The lowest BCUT2D eigenvalue weighted by Gasteiger charge is -2.17. The minimum atomic E-state index is -3.63. The largest absolute Gasteiger partial charge is 0.398 e. The van der Waals surface area contributed by atoms with E-state index >= 15 is 0 Å². The van der Waals surface area contributed by atoms with Gasteiger partial charge in [-0.3, -0.25) is 0 Å². The fraction of sp³-hybridized carbons (Fsp3) is 0.667. The van der Waals surface area contributed by atoms with Crippen LogP contribution in [0.5, 0.6) is 0 Å². The molecule has 0 radical (unpaired) electrons. The van der Waals surface area contributed by atoms with Crippen LogP contribution in [0.25, 0.3) is 0 Å². The molecular formula is C72H116BrN15O8S3Si2. The van der Waals surface area contributed by atoms with Crippen molar-refractivity contribution in [3.8, 4) is 0 Å². The Kier molecular flexibility index (Phi) is 28.5. The molecule has 6 aliphatic rings. The lowest BCUT2D eigenvalue weighted by atomic mass is 9.99. The molecule has 560 valence electrons. The van der Waals surface area contributed by atoms with Crippen LogP contribution in [0.4, 0.5) is 29.0 Å². The number of fused-ring (bicyclic) bond motifs is 6. The van der Waals surface area contributed by atoms with Gasteiger partial charge < -0.3 is 40.5 Å². The van der Waals surface area contributed by atoms with Gasteiger partial charge in [0, 0.05) is 66.1 Å². The van der Waals surface area contributed by atoms with Crippen molar-refractivity contribution in [2.45, 2.75) is 237 Å². The Morgan fingerprint density at radius 3 is 1.19 bits per heavy atom. The highest BCUT2D eigenvalue weighted by molar-refractivity contribution is 9.10. The van der Waals surface area contributed by atoms with Gasteiger partial charge in [-0.2, -0.15) is 15.0 Å². The molecule has 29 heteroatoms. The molecule has 0 spiro atoms. The fourth-order valence-electron chi connectivity index (χ4n) is 14.5.